The van der Waals surface area contributed by atoms with Crippen molar-refractivity contribution in [2.75, 3.05) is 0 Å². The number of benzene rings is 1. The summed E-state index contributed by atoms with van der Waals surface area (Å²) in [7, 11) is 0. The minimum atomic E-state index is -0.411. The molecule has 3 rings (SSSR count). The molecule has 3 nitrogen and oxygen atoms in total. The lowest BCUT2D eigenvalue weighted by Crippen LogP contribution is -2.02. The smallest absolute Gasteiger partial charge is 0.169 e. The first kappa shape index (κ1) is 12.3. The molecule has 3 aromatic rings. The van der Waals surface area contributed by atoms with Gasteiger partial charge in [0.05, 0.1) is 0 Å². The van der Waals surface area contributed by atoms with Gasteiger partial charge in [0.25, 0.3) is 0 Å². The van der Waals surface area contributed by atoms with Gasteiger partial charge in [-0.05, 0) is 23.6 Å². The Morgan fingerprint density at radius 1 is 1.21 bits per heavy atom. The summed E-state index contributed by atoms with van der Waals surface area (Å²) in [5, 5.41) is 3.10. The van der Waals surface area contributed by atoms with Gasteiger partial charge in [-0.1, -0.05) is 23.7 Å². The minimum Gasteiger partial charge on any atom is -0.483 e. The number of hydrogen-bond acceptors (Lipinski definition) is 4. The normalized spacial score (nSPS) is 10.8. The molecule has 6 heteroatoms. The van der Waals surface area contributed by atoms with Gasteiger partial charge in [-0.2, -0.15) is 0 Å². The number of para-hydroxylation sites is 1. The summed E-state index contributed by atoms with van der Waals surface area (Å²) in [6, 6.07) is 8.07. The molecule has 0 fully saturated rings. The second-order valence-electron chi connectivity index (χ2n) is 3.79. The molecule has 0 radical (unpaired) electrons. The average molecular weight is 295 g/mol. The van der Waals surface area contributed by atoms with Gasteiger partial charge in [-0.25, -0.2) is 14.4 Å². The summed E-state index contributed by atoms with van der Waals surface area (Å²) in [5.41, 5.74) is 0. The van der Waals surface area contributed by atoms with Crippen molar-refractivity contribution in [3.05, 3.63) is 52.5 Å². The number of nitrogens with zero attached hydrogens (tertiary/aromatic N) is 2. The van der Waals surface area contributed by atoms with Crippen molar-refractivity contribution in [1.82, 2.24) is 9.97 Å². The Morgan fingerprint density at radius 3 is 2.89 bits per heavy atom. The van der Waals surface area contributed by atoms with Crippen LogP contribution in [0, 0.1) is 5.82 Å². The third kappa shape index (κ3) is 2.52. The zero-order valence-electron chi connectivity index (χ0n) is 9.64. The molecule has 0 aliphatic rings. The van der Waals surface area contributed by atoms with Gasteiger partial charge in [0.2, 0.25) is 0 Å². The van der Waals surface area contributed by atoms with Crippen LogP contribution in [0.25, 0.3) is 10.2 Å². The summed E-state index contributed by atoms with van der Waals surface area (Å²) in [6.45, 7) is 0.0779. The number of ether oxygens (including phenoxy) is 1. The predicted molar refractivity (Wildman–Crippen MR) is 73.2 cm³/mol. The van der Waals surface area contributed by atoms with Gasteiger partial charge in [0.1, 0.15) is 16.6 Å². The Labute approximate surface area is 117 Å². The fourth-order valence-corrected chi connectivity index (χ4v) is 2.72. The Bertz CT molecular complexity index is 731. The van der Waals surface area contributed by atoms with E-state index in [0.717, 1.165) is 10.2 Å². The van der Waals surface area contributed by atoms with E-state index in [1.54, 1.807) is 18.2 Å². The topological polar surface area (TPSA) is 35.0 Å². The van der Waals surface area contributed by atoms with Crippen LogP contribution in [-0.2, 0) is 6.61 Å². The highest BCUT2D eigenvalue weighted by Crippen LogP contribution is 2.25. The molecular weight excluding hydrogens is 287 g/mol. The second kappa shape index (κ2) is 5.11. The van der Waals surface area contributed by atoms with E-state index in [0.29, 0.717) is 11.0 Å². The fraction of sp³-hybridized carbons (Fsp3) is 0.0769. The quantitative estimate of drug-likeness (QED) is 0.683. The monoisotopic (exact) mass is 294 g/mol. The molecule has 1 aromatic carbocycles. The van der Waals surface area contributed by atoms with E-state index in [1.807, 2.05) is 11.4 Å². The molecule has 19 heavy (non-hydrogen) atoms. The van der Waals surface area contributed by atoms with Gasteiger partial charge in [0, 0.05) is 5.39 Å². The van der Waals surface area contributed by atoms with Crippen LogP contribution in [0.3, 0.4) is 0 Å². The van der Waals surface area contributed by atoms with Crippen molar-refractivity contribution in [2.24, 2.45) is 0 Å². The molecule has 0 spiro atoms. The van der Waals surface area contributed by atoms with E-state index in [9.17, 15) is 4.39 Å². The van der Waals surface area contributed by atoms with Crippen molar-refractivity contribution in [3.8, 4) is 5.75 Å². The highest BCUT2D eigenvalue weighted by molar-refractivity contribution is 7.16. The number of fused-ring (bicyclic) bond motifs is 1. The molecule has 0 aliphatic heterocycles. The maximum atomic E-state index is 13.4. The van der Waals surface area contributed by atoms with Crippen LogP contribution in [-0.4, -0.2) is 9.97 Å². The highest BCUT2D eigenvalue weighted by Gasteiger charge is 2.08. The third-order valence-corrected chi connectivity index (χ3v) is 3.61. The number of hydrogen-bond donors (Lipinski definition) is 0. The van der Waals surface area contributed by atoms with Crippen molar-refractivity contribution in [3.63, 3.8) is 0 Å². The molecule has 0 aliphatic carbocycles. The van der Waals surface area contributed by atoms with Crippen LogP contribution in [0.1, 0.15) is 5.82 Å². The molecule has 0 atom stereocenters. The van der Waals surface area contributed by atoms with E-state index in [1.165, 1.54) is 17.4 Å². The van der Waals surface area contributed by atoms with Crippen molar-refractivity contribution >= 4 is 33.2 Å². The van der Waals surface area contributed by atoms with E-state index in [2.05, 4.69) is 9.97 Å². The molecule has 0 amide bonds. The summed E-state index contributed by atoms with van der Waals surface area (Å²) < 4.78 is 18.7. The molecule has 2 aromatic heterocycles. The lowest BCUT2D eigenvalue weighted by Gasteiger charge is -2.06. The van der Waals surface area contributed by atoms with Gasteiger partial charge >= 0.3 is 0 Å². The molecule has 2 heterocycles. The molecule has 0 N–H and O–H groups in total. The Kier molecular flexibility index (Phi) is 3.31. The summed E-state index contributed by atoms with van der Waals surface area (Å²) in [5.74, 6) is 0.197. The number of thiophene rings is 1. The van der Waals surface area contributed by atoms with E-state index in [-0.39, 0.29) is 12.4 Å². The summed E-state index contributed by atoms with van der Waals surface area (Å²) in [6.07, 6.45) is 0. The molecule has 0 unspecified atom stereocenters. The molecule has 0 saturated heterocycles. The van der Waals surface area contributed by atoms with Crippen molar-refractivity contribution in [1.29, 1.82) is 0 Å². The van der Waals surface area contributed by atoms with E-state index >= 15 is 0 Å². The Balaban J connectivity index is 1.84. The SMILES string of the molecule is Fc1ccccc1OCc1nc(Cl)c2ccsc2n1. The predicted octanol–water partition coefficient (Wildman–Crippen LogP) is 4.06. The highest BCUT2D eigenvalue weighted by atomic mass is 35.5. The van der Waals surface area contributed by atoms with E-state index in [4.69, 9.17) is 16.3 Å². The van der Waals surface area contributed by atoms with Crippen LogP contribution < -0.4 is 4.74 Å². The zero-order valence-corrected chi connectivity index (χ0v) is 11.2. The van der Waals surface area contributed by atoms with Gasteiger partial charge < -0.3 is 4.74 Å². The van der Waals surface area contributed by atoms with Crippen molar-refractivity contribution < 1.29 is 9.13 Å². The maximum Gasteiger partial charge on any atom is 0.169 e. The standard InChI is InChI=1S/C13H8ClFN2OS/c14-12-8-5-6-19-13(8)17-11(16-12)7-18-10-4-2-1-3-9(10)15/h1-6H,7H2. The van der Waals surface area contributed by atoms with Crippen molar-refractivity contribution in [2.45, 2.75) is 6.61 Å². The van der Waals surface area contributed by atoms with Crippen LogP contribution >= 0.6 is 22.9 Å². The summed E-state index contributed by atoms with van der Waals surface area (Å²) in [4.78, 5) is 9.25. The largest absolute Gasteiger partial charge is 0.483 e. The Morgan fingerprint density at radius 2 is 2.05 bits per heavy atom. The number of rotatable bonds is 3. The first-order chi connectivity index (χ1) is 9.24. The fourth-order valence-electron chi connectivity index (χ4n) is 1.63. The molecule has 0 saturated carbocycles. The lowest BCUT2D eigenvalue weighted by atomic mass is 10.3. The second-order valence-corrected chi connectivity index (χ2v) is 5.04. The third-order valence-electron chi connectivity index (χ3n) is 2.52. The molecule has 96 valence electrons. The van der Waals surface area contributed by atoms with Crippen LogP contribution in [0.2, 0.25) is 5.15 Å². The zero-order chi connectivity index (χ0) is 13.2. The van der Waals surface area contributed by atoms with E-state index < -0.39 is 5.82 Å². The minimum absolute atomic E-state index is 0.0779. The first-order valence-electron chi connectivity index (χ1n) is 5.51. The summed E-state index contributed by atoms with van der Waals surface area (Å²) >= 11 is 7.52. The maximum absolute atomic E-state index is 13.4. The van der Waals surface area contributed by atoms with Crippen LogP contribution in [0.5, 0.6) is 5.75 Å². The first-order valence-corrected chi connectivity index (χ1v) is 6.77. The van der Waals surface area contributed by atoms with Gasteiger partial charge in [-0.3, -0.25) is 0 Å². The van der Waals surface area contributed by atoms with Crippen LogP contribution in [0.4, 0.5) is 4.39 Å². The Hall–Kier alpha value is -1.72. The average Bonchev–Trinajstić information content (AvgIpc) is 2.87. The molecular formula is C13H8ClFN2OS. The number of aromatic nitrogens is 2. The molecule has 0 bridgehead atoms. The van der Waals surface area contributed by atoms with Gasteiger partial charge in [0.15, 0.2) is 17.4 Å². The number of halogens is 2. The van der Waals surface area contributed by atoms with Crippen LogP contribution in [0.15, 0.2) is 35.7 Å². The lowest BCUT2D eigenvalue weighted by molar-refractivity contribution is 0.281. The van der Waals surface area contributed by atoms with Gasteiger partial charge in [-0.15, -0.1) is 11.3 Å².